The summed E-state index contributed by atoms with van der Waals surface area (Å²) in [5.41, 5.74) is 1.85. The van der Waals surface area contributed by atoms with Crippen molar-refractivity contribution in [2.75, 3.05) is 23.3 Å². The van der Waals surface area contributed by atoms with Crippen molar-refractivity contribution in [3.05, 3.63) is 24.3 Å². The second kappa shape index (κ2) is 9.38. The Hall–Kier alpha value is -1.59. The molecule has 0 aromatic heterocycles. The van der Waals surface area contributed by atoms with E-state index in [2.05, 4.69) is 10.2 Å². The van der Waals surface area contributed by atoms with Crippen molar-refractivity contribution >= 4 is 17.3 Å². The number of hydrogen-bond donors (Lipinski definition) is 2. The van der Waals surface area contributed by atoms with E-state index in [0.29, 0.717) is 0 Å². The molecule has 0 radical (unpaired) electrons. The molecule has 1 aliphatic carbocycles. The fourth-order valence-electron chi connectivity index (χ4n) is 3.92. The molecule has 1 aromatic rings. The first-order chi connectivity index (χ1) is 12.6. The van der Waals surface area contributed by atoms with Gasteiger partial charge in [0.2, 0.25) is 0 Å². The van der Waals surface area contributed by atoms with E-state index in [1.807, 2.05) is 31.2 Å². The maximum absolute atomic E-state index is 12.7. The van der Waals surface area contributed by atoms with Gasteiger partial charge in [0.05, 0.1) is 23.6 Å². The van der Waals surface area contributed by atoms with Gasteiger partial charge in [-0.15, -0.1) is 0 Å². The third-order valence-electron chi connectivity index (χ3n) is 5.54. The van der Waals surface area contributed by atoms with Crippen LogP contribution in [-0.4, -0.2) is 42.4 Å². The van der Waals surface area contributed by atoms with E-state index in [1.54, 1.807) is 0 Å². The van der Waals surface area contributed by atoms with Gasteiger partial charge in [-0.1, -0.05) is 37.8 Å². The first-order valence-corrected chi connectivity index (χ1v) is 10.1. The Morgan fingerprint density at radius 2 is 1.77 bits per heavy atom. The van der Waals surface area contributed by atoms with E-state index >= 15 is 0 Å². The van der Waals surface area contributed by atoms with Crippen LogP contribution in [0.5, 0.6) is 0 Å². The number of nitrogens with zero attached hydrogens (tertiary/aromatic N) is 1. The minimum Gasteiger partial charge on any atom is -0.393 e. The van der Waals surface area contributed by atoms with Crippen LogP contribution in [0.15, 0.2) is 24.3 Å². The summed E-state index contributed by atoms with van der Waals surface area (Å²) < 4.78 is 6.05. The average Bonchev–Trinajstić information content (AvgIpc) is 2.91. The second-order valence-electron chi connectivity index (χ2n) is 7.62. The highest BCUT2D eigenvalue weighted by Crippen LogP contribution is 2.29. The third kappa shape index (κ3) is 5.21. The zero-order chi connectivity index (χ0) is 18.4. The van der Waals surface area contributed by atoms with Crippen LogP contribution >= 0.6 is 0 Å². The van der Waals surface area contributed by atoms with Gasteiger partial charge >= 0.3 is 0 Å². The van der Waals surface area contributed by atoms with Crippen molar-refractivity contribution in [3.8, 4) is 0 Å². The molecular weight excluding hydrogens is 328 g/mol. The number of nitrogens with one attached hydrogen (secondary N) is 1. The van der Waals surface area contributed by atoms with Crippen molar-refractivity contribution in [3.63, 3.8) is 0 Å². The van der Waals surface area contributed by atoms with Crippen LogP contribution < -0.4 is 10.2 Å². The molecule has 2 fully saturated rings. The number of carbonyl (C=O) groups is 1. The molecule has 1 heterocycles. The Morgan fingerprint density at radius 3 is 2.46 bits per heavy atom. The summed E-state index contributed by atoms with van der Waals surface area (Å²) in [6, 6.07) is 7.90. The largest absolute Gasteiger partial charge is 0.393 e. The quantitative estimate of drug-likeness (QED) is 0.786. The van der Waals surface area contributed by atoms with Gasteiger partial charge in [-0.2, -0.15) is 0 Å². The zero-order valence-electron chi connectivity index (χ0n) is 15.8. The fourth-order valence-corrected chi connectivity index (χ4v) is 3.92. The van der Waals surface area contributed by atoms with Gasteiger partial charge in [0.1, 0.15) is 6.10 Å². The zero-order valence-corrected chi connectivity index (χ0v) is 15.8. The highest BCUT2D eigenvalue weighted by molar-refractivity contribution is 5.97. The van der Waals surface area contributed by atoms with Crippen molar-refractivity contribution in [1.29, 1.82) is 0 Å². The number of anilines is 2. The van der Waals surface area contributed by atoms with Crippen molar-refractivity contribution in [2.24, 2.45) is 0 Å². The van der Waals surface area contributed by atoms with Gasteiger partial charge in [0.25, 0.3) is 5.91 Å². The van der Waals surface area contributed by atoms with Gasteiger partial charge in [-0.3, -0.25) is 4.79 Å². The third-order valence-corrected chi connectivity index (χ3v) is 5.54. The molecule has 1 aromatic carbocycles. The summed E-state index contributed by atoms with van der Waals surface area (Å²) in [7, 11) is 0. The van der Waals surface area contributed by atoms with E-state index in [0.717, 1.165) is 50.1 Å². The molecule has 3 rings (SSSR count). The molecule has 0 bridgehead atoms. The van der Waals surface area contributed by atoms with Crippen molar-refractivity contribution in [1.82, 2.24) is 0 Å². The minimum absolute atomic E-state index is 0.0845. The number of aliphatic hydroxyl groups is 1. The highest BCUT2D eigenvalue weighted by Gasteiger charge is 2.23. The number of benzene rings is 1. The predicted molar refractivity (Wildman–Crippen MR) is 105 cm³/mol. The lowest BCUT2D eigenvalue weighted by molar-refractivity contribution is -0.130. The maximum Gasteiger partial charge on any atom is 0.253 e. The van der Waals surface area contributed by atoms with E-state index < -0.39 is 6.10 Å². The Morgan fingerprint density at radius 1 is 1.12 bits per heavy atom. The van der Waals surface area contributed by atoms with E-state index in [1.165, 1.54) is 25.7 Å². The van der Waals surface area contributed by atoms with Crippen LogP contribution in [0.1, 0.15) is 58.3 Å². The molecule has 0 unspecified atom stereocenters. The van der Waals surface area contributed by atoms with Crippen LogP contribution in [-0.2, 0) is 9.53 Å². The molecule has 1 saturated carbocycles. The maximum atomic E-state index is 12.7. The lowest BCUT2D eigenvalue weighted by Gasteiger charge is -2.33. The molecule has 1 aliphatic heterocycles. The molecule has 1 atom stereocenters. The van der Waals surface area contributed by atoms with Crippen LogP contribution in [0.3, 0.4) is 0 Å². The summed E-state index contributed by atoms with van der Waals surface area (Å²) >= 11 is 0. The molecule has 5 heteroatoms. The van der Waals surface area contributed by atoms with Gasteiger partial charge in [0, 0.05) is 13.1 Å². The molecule has 2 aliphatic rings. The number of hydrogen-bond acceptors (Lipinski definition) is 4. The van der Waals surface area contributed by atoms with Gasteiger partial charge < -0.3 is 20.1 Å². The molecule has 26 heavy (non-hydrogen) atoms. The van der Waals surface area contributed by atoms with Gasteiger partial charge in [-0.25, -0.2) is 0 Å². The monoisotopic (exact) mass is 360 g/mol. The topological polar surface area (TPSA) is 61.8 Å². The highest BCUT2D eigenvalue weighted by atomic mass is 16.5. The number of carbonyl (C=O) groups excluding carboxylic acids is 1. The summed E-state index contributed by atoms with van der Waals surface area (Å²) in [6.07, 6.45) is 8.15. The van der Waals surface area contributed by atoms with Crippen LogP contribution in [0.25, 0.3) is 0 Å². The Labute approximate surface area is 156 Å². The van der Waals surface area contributed by atoms with Crippen LogP contribution in [0, 0.1) is 0 Å². The SMILES string of the molecule is C[C@H](OC1CCCCCC1)C(=O)Nc1ccccc1N1CCC(O)CC1. The standard InChI is InChI=1S/C21H32N2O3/c1-16(26-18-8-4-2-3-5-9-18)21(25)22-19-10-6-7-11-20(19)23-14-12-17(24)13-15-23/h6-7,10-11,16-18,24H,2-5,8-9,12-15H2,1H3,(H,22,25)/t16-/m0/s1. The van der Waals surface area contributed by atoms with Gasteiger partial charge in [-0.05, 0) is 44.7 Å². The summed E-state index contributed by atoms with van der Waals surface area (Å²) in [5, 5.41) is 12.8. The summed E-state index contributed by atoms with van der Waals surface area (Å²) in [6.45, 7) is 3.46. The van der Waals surface area contributed by atoms with Gasteiger partial charge in [0.15, 0.2) is 0 Å². The number of amides is 1. The minimum atomic E-state index is -0.450. The van der Waals surface area contributed by atoms with Crippen molar-refractivity contribution < 1.29 is 14.6 Å². The van der Waals surface area contributed by atoms with Crippen LogP contribution in [0.2, 0.25) is 0 Å². The lowest BCUT2D eigenvalue weighted by Crippen LogP contribution is -2.37. The van der Waals surface area contributed by atoms with E-state index in [4.69, 9.17) is 4.74 Å². The summed E-state index contributed by atoms with van der Waals surface area (Å²) in [4.78, 5) is 14.9. The number of rotatable bonds is 5. The Kier molecular flexibility index (Phi) is 6.92. The van der Waals surface area contributed by atoms with E-state index in [-0.39, 0.29) is 18.1 Å². The van der Waals surface area contributed by atoms with Crippen molar-refractivity contribution in [2.45, 2.75) is 76.6 Å². The molecule has 0 spiro atoms. The first kappa shape index (κ1) is 19.2. The second-order valence-corrected chi connectivity index (χ2v) is 7.62. The normalized spacial score (nSPS) is 21.2. The number of aliphatic hydroxyl groups excluding tert-OH is 1. The molecule has 1 amide bonds. The molecule has 5 nitrogen and oxygen atoms in total. The summed E-state index contributed by atoms with van der Waals surface area (Å²) in [5.74, 6) is -0.0845. The molecule has 2 N–H and O–H groups in total. The molecule has 144 valence electrons. The van der Waals surface area contributed by atoms with E-state index in [9.17, 15) is 9.90 Å². The number of ether oxygens (including phenoxy) is 1. The number of piperidine rings is 1. The Bertz CT molecular complexity index is 576. The number of para-hydroxylation sites is 2. The first-order valence-electron chi connectivity index (χ1n) is 10.1. The lowest BCUT2D eigenvalue weighted by atomic mass is 10.1. The fraction of sp³-hybridized carbons (Fsp3) is 0.667. The molecular formula is C21H32N2O3. The Balaban J connectivity index is 1.60. The molecule has 1 saturated heterocycles. The smallest absolute Gasteiger partial charge is 0.253 e. The predicted octanol–water partition coefficient (Wildman–Crippen LogP) is 3.71. The average molecular weight is 360 g/mol. The van der Waals surface area contributed by atoms with Crippen LogP contribution in [0.4, 0.5) is 11.4 Å².